The smallest absolute Gasteiger partial charge is 0.243 e. The van der Waals surface area contributed by atoms with Gasteiger partial charge < -0.3 is 21.7 Å². The number of nitrogens with zero attached hydrogens (tertiary/aromatic N) is 2. The maximum absolute atomic E-state index is 12.9. The Labute approximate surface area is 181 Å². The number of hydrogen-bond acceptors (Lipinski definition) is 5. The Balaban J connectivity index is 1.38. The van der Waals surface area contributed by atoms with Crippen molar-refractivity contribution in [3.05, 3.63) is 71.9 Å². The van der Waals surface area contributed by atoms with Crippen LogP contribution in [0, 0.1) is 0 Å². The number of fused-ring (bicyclic) bond motifs is 1. The molecule has 0 spiro atoms. The molecule has 0 saturated carbocycles. The number of nitrogen functional groups attached to an aromatic ring is 1. The Hall–Kier alpha value is -3.45. The van der Waals surface area contributed by atoms with Crippen LogP contribution in [-0.4, -0.2) is 40.3 Å². The van der Waals surface area contributed by atoms with Gasteiger partial charge in [-0.25, -0.2) is 4.98 Å². The van der Waals surface area contributed by atoms with Gasteiger partial charge in [-0.15, -0.1) is 0 Å². The molecule has 2 aromatic carbocycles. The van der Waals surface area contributed by atoms with Crippen molar-refractivity contribution in [2.45, 2.75) is 37.9 Å². The molecule has 4 rings (SSSR count). The van der Waals surface area contributed by atoms with Gasteiger partial charge in [-0.1, -0.05) is 42.5 Å². The fraction of sp³-hybridized carbons (Fsp3) is 0.292. The summed E-state index contributed by atoms with van der Waals surface area (Å²) in [5, 5.41) is 4.84. The Kier molecular flexibility index (Phi) is 6.13. The number of likely N-dealkylation sites (tertiary alicyclic amines) is 1. The van der Waals surface area contributed by atoms with Crippen LogP contribution in [0.5, 0.6) is 0 Å². The molecular weight excluding hydrogens is 390 g/mol. The van der Waals surface area contributed by atoms with Crippen LogP contribution in [0.1, 0.15) is 24.0 Å². The second-order valence-electron chi connectivity index (χ2n) is 7.96. The van der Waals surface area contributed by atoms with Crippen molar-refractivity contribution >= 4 is 28.4 Å². The van der Waals surface area contributed by atoms with Gasteiger partial charge in [-0.05, 0) is 47.9 Å². The summed E-state index contributed by atoms with van der Waals surface area (Å²) >= 11 is 0. The predicted molar refractivity (Wildman–Crippen MR) is 121 cm³/mol. The van der Waals surface area contributed by atoms with Crippen molar-refractivity contribution in [2.75, 3.05) is 12.3 Å². The van der Waals surface area contributed by atoms with E-state index < -0.39 is 12.1 Å². The SMILES string of the molecule is Nc1nccc2cc(CNC(=O)[C@@H]3CCCN3C(=O)[C@H](N)Cc3ccccc3)ccc12. The number of hydrogen-bond donors (Lipinski definition) is 3. The van der Waals surface area contributed by atoms with Crippen molar-refractivity contribution in [3.8, 4) is 0 Å². The first-order valence-corrected chi connectivity index (χ1v) is 10.5. The zero-order valence-electron chi connectivity index (χ0n) is 17.3. The fourth-order valence-electron chi connectivity index (χ4n) is 4.14. The highest BCUT2D eigenvalue weighted by molar-refractivity contribution is 5.92. The summed E-state index contributed by atoms with van der Waals surface area (Å²) in [6, 6.07) is 16.3. The number of rotatable bonds is 6. The maximum atomic E-state index is 12.9. The van der Waals surface area contributed by atoms with Gasteiger partial charge in [0, 0.05) is 24.7 Å². The molecule has 1 fully saturated rings. The number of nitrogens with two attached hydrogens (primary N) is 2. The molecule has 7 heteroatoms. The van der Waals surface area contributed by atoms with E-state index in [1.165, 1.54) is 0 Å². The highest BCUT2D eigenvalue weighted by Crippen LogP contribution is 2.21. The molecule has 0 radical (unpaired) electrons. The van der Waals surface area contributed by atoms with E-state index in [1.54, 1.807) is 11.1 Å². The molecule has 7 nitrogen and oxygen atoms in total. The molecule has 1 aliphatic rings. The lowest BCUT2D eigenvalue weighted by atomic mass is 10.0. The van der Waals surface area contributed by atoms with Gasteiger partial charge in [0.2, 0.25) is 11.8 Å². The minimum Gasteiger partial charge on any atom is -0.383 e. The fourth-order valence-corrected chi connectivity index (χ4v) is 4.14. The zero-order chi connectivity index (χ0) is 21.8. The van der Waals surface area contributed by atoms with Gasteiger partial charge in [0.25, 0.3) is 0 Å². The van der Waals surface area contributed by atoms with Crippen LogP contribution in [0.25, 0.3) is 10.8 Å². The predicted octanol–water partition coefficient (Wildman–Crippen LogP) is 1.99. The van der Waals surface area contributed by atoms with E-state index in [0.717, 1.165) is 28.3 Å². The van der Waals surface area contributed by atoms with Gasteiger partial charge in [0.05, 0.1) is 6.04 Å². The van der Waals surface area contributed by atoms with E-state index in [0.29, 0.717) is 31.7 Å². The number of anilines is 1. The molecule has 2 atom stereocenters. The normalized spacial score (nSPS) is 16.9. The largest absolute Gasteiger partial charge is 0.383 e. The van der Waals surface area contributed by atoms with E-state index in [2.05, 4.69) is 10.3 Å². The monoisotopic (exact) mass is 417 g/mol. The molecule has 0 unspecified atom stereocenters. The Bertz CT molecular complexity index is 1090. The van der Waals surface area contributed by atoms with E-state index in [9.17, 15) is 9.59 Å². The molecule has 2 heterocycles. The average Bonchev–Trinajstić information content (AvgIpc) is 3.27. The molecule has 1 aliphatic heterocycles. The van der Waals surface area contributed by atoms with E-state index in [1.807, 2.05) is 54.6 Å². The van der Waals surface area contributed by atoms with Gasteiger partial charge in [0.1, 0.15) is 11.9 Å². The Morgan fingerprint density at radius 1 is 1.13 bits per heavy atom. The molecule has 0 aliphatic carbocycles. The number of aromatic nitrogens is 1. The summed E-state index contributed by atoms with van der Waals surface area (Å²) in [5.41, 5.74) is 14.1. The lowest BCUT2D eigenvalue weighted by molar-refractivity contribution is -0.139. The first-order chi connectivity index (χ1) is 15.0. The van der Waals surface area contributed by atoms with Crippen LogP contribution in [-0.2, 0) is 22.6 Å². The van der Waals surface area contributed by atoms with Crippen molar-refractivity contribution < 1.29 is 9.59 Å². The second kappa shape index (κ2) is 9.14. The van der Waals surface area contributed by atoms with Crippen molar-refractivity contribution in [3.63, 3.8) is 0 Å². The third kappa shape index (κ3) is 4.67. The number of benzene rings is 2. The summed E-state index contributed by atoms with van der Waals surface area (Å²) in [6.45, 7) is 0.938. The van der Waals surface area contributed by atoms with Gasteiger partial charge in [0.15, 0.2) is 0 Å². The first-order valence-electron chi connectivity index (χ1n) is 10.5. The topological polar surface area (TPSA) is 114 Å². The Morgan fingerprint density at radius 2 is 1.94 bits per heavy atom. The van der Waals surface area contributed by atoms with Crippen LogP contribution >= 0.6 is 0 Å². The quantitative estimate of drug-likeness (QED) is 0.568. The van der Waals surface area contributed by atoms with Crippen LogP contribution in [0.15, 0.2) is 60.8 Å². The van der Waals surface area contributed by atoms with Gasteiger partial charge in [-0.3, -0.25) is 9.59 Å². The molecule has 31 heavy (non-hydrogen) atoms. The number of nitrogens with one attached hydrogen (secondary N) is 1. The molecule has 5 N–H and O–H groups in total. The number of carbonyl (C=O) groups is 2. The summed E-state index contributed by atoms with van der Waals surface area (Å²) in [5.74, 6) is 0.169. The highest BCUT2D eigenvalue weighted by atomic mass is 16.2. The van der Waals surface area contributed by atoms with Gasteiger partial charge in [-0.2, -0.15) is 0 Å². The first kappa shape index (κ1) is 20.8. The minimum absolute atomic E-state index is 0.146. The molecule has 1 saturated heterocycles. The molecular formula is C24H27N5O2. The van der Waals surface area contributed by atoms with Crippen molar-refractivity contribution in [1.82, 2.24) is 15.2 Å². The van der Waals surface area contributed by atoms with Crippen LogP contribution in [0.2, 0.25) is 0 Å². The van der Waals surface area contributed by atoms with Crippen LogP contribution in [0.3, 0.4) is 0 Å². The summed E-state index contributed by atoms with van der Waals surface area (Å²) < 4.78 is 0. The summed E-state index contributed by atoms with van der Waals surface area (Å²) in [4.78, 5) is 31.5. The highest BCUT2D eigenvalue weighted by Gasteiger charge is 2.35. The van der Waals surface area contributed by atoms with Gasteiger partial charge >= 0.3 is 0 Å². The standard InChI is InChI=1S/C24H27N5O2/c25-20(14-16-5-2-1-3-6-16)24(31)29-12-4-7-21(29)23(30)28-15-17-8-9-19-18(13-17)10-11-27-22(19)26/h1-3,5-6,8-11,13,20-21H,4,7,12,14-15,25H2,(H2,26,27)(H,28,30)/t20-,21+/m1/s1. The molecule has 3 aromatic rings. The lowest BCUT2D eigenvalue weighted by Gasteiger charge is -2.26. The molecule has 2 amide bonds. The minimum atomic E-state index is -0.657. The summed E-state index contributed by atoms with van der Waals surface area (Å²) in [7, 11) is 0. The second-order valence-corrected chi connectivity index (χ2v) is 7.96. The number of pyridine rings is 1. The zero-order valence-corrected chi connectivity index (χ0v) is 17.3. The van der Waals surface area contributed by atoms with Crippen molar-refractivity contribution in [1.29, 1.82) is 0 Å². The maximum Gasteiger partial charge on any atom is 0.243 e. The number of amides is 2. The number of carbonyl (C=O) groups excluding carboxylic acids is 2. The molecule has 1 aromatic heterocycles. The van der Waals surface area contributed by atoms with E-state index in [-0.39, 0.29) is 11.8 Å². The summed E-state index contributed by atoms with van der Waals surface area (Å²) in [6.07, 6.45) is 3.57. The molecule has 160 valence electrons. The lowest BCUT2D eigenvalue weighted by Crippen LogP contribution is -2.51. The van der Waals surface area contributed by atoms with Crippen molar-refractivity contribution in [2.24, 2.45) is 5.73 Å². The molecule has 0 bridgehead atoms. The van der Waals surface area contributed by atoms with E-state index >= 15 is 0 Å². The third-order valence-corrected chi connectivity index (χ3v) is 5.78. The van der Waals surface area contributed by atoms with E-state index in [4.69, 9.17) is 11.5 Å². The van der Waals surface area contributed by atoms with Crippen LogP contribution < -0.4 is 16.8 Å². The van der Waals surface area contributed by atoms with Crippen LogP contribution in [0.4, 0.5) is 5.82 Å². The Morgan fingerprint density at radius 3 is 2.74 bits per heavy atom. The third-order valence-electron chi connectivity index (χ3n) is 5.78. The average molecular weight is 418 g/mol.